The maximum Gasteiger partial charge on any atom is 0.258 e. The number of carbonyl (C=O) groups excluding carboxylic acids is 2. The third kappa shape index (κ3) is 4.06. The summed E-state index contributed by atoms with van der Waals surface area (Å²) < 4.78 is 0. The summed E-state index contributed by atoms with van der Waals surface area (Å²) in [5, 5.41) is 2.95. The smallest absolute Gasteiger partial charge is 0.258 e. The van der Waals surface area contributed by atoms with Crippen molar-refractivity contribution in [2.45, 2.75) is 26.7 Å². The summed E-state index contributed by atoms with van der Waals surface area (Å²) in [6.07, 6.45) is 1.74. The minimum atomic E-state index is -0.139. The Hall–Kier alpha value is -3.40. The van der Waals surface area contributed by atoms with Gasteiger partial charge in [-0.1, -0.05) is 29.8 Å². The summed E-state index contributed by atoms with van der Waals surface area (Å²) in [5.74, 6) is -0.136. The van der Waals surface area contributed by atoms with Crippen LogP contribution in [-0.2, 0) is 6.42 Å². The van der Waals surface area contributed by atoms with Crippen LogP contribution in [0.3, 0.4) is 0 Å². The Morgan fingerprint density at radius 3 is 2.38 bits per heavy atom. The number of benzene rings is 3. The molecule has 0 fully saturated rings. The van der Waals surface area contributed by atoms with E-state index in [0.29, 0.717) is 17.7 Å². The van der Waals surface area contributed by atoms with Gasteiger partial charge in [0.15, 0.2) is 0 Å². The molecule has 4 nitrogen and oxygen atoms in total. The number of rotatable bonds is 3. The molecule has 2 amide bonds. The Morgan fingerprint density at radius 1 is 0.862 bits per heavy atom. The lowest BCUT2D eigenvalue weighted by Gasteiger charge is -2.30. The fourth-order valence-corrected chi connectivity index (χ4v) is 3.73. The van der Waals surface area contributed by atoms with E-state index in [4.69, 9.17) is 0 Å². The van der Waals surface area contributed by atoms with Crippen molar-refractivity contribution in [3.05, 3.63) is 94.5 Å². The molecule has 1 aliphatic rings. The molecular formula is C25H24N2O2. The zero-order chi connectivity index (χ0) is 20.4. The number of hydrogen-bond acceptors (Lipinski definition) is 2. The van der Waals surface area contributed by atoms with Crippen molar-refractivity contribution in [1.29, 1.82) is 0 Å². The standard InChI is InChI=1S/C25H24N2O2/c1-17-8-10-19(11-9-17)25(29)27-14-4-6-20-16-21(12-13-23(20)27)24(28)26-22-7-3-5-18(2)15-22/h3,5,7-13,15-16H,4,6,14H2,1-2H3,(H,26,28). The van der Waals surface area contributed by atoms with Gasteiger partial charge >= 0.3 is 0 Å². The van der Waals surface area contributed by atoms with Crippen molar-refractivity contribution in [2.75, 3.05) is 16.8 Å². The maximum absolute atomic E-state index is 13.0. The second-order valence-electron chi connectivity index (χ2n) is 7.59. The van der Waals surface area contributed by atoms with Crippen molar-refractivity contribution in [3.63, 3.8) is 0 Å². The lowest BCUT2D eigenvalue weighted by Crippen LogP contribution is -2.35. The average molecular weight is 384 g/mol. The van der Waals surface area contributed by atoms with Crippen molar-refractivity contribution in [3.8, 4) is 0 Å². The topological polar surface area (TPSA) is 49.4 Å². The Labute approximate surface area is 171 Å². The molecule has 0 aliphatic carbocycles. The number of hydrogen-bond donors (Lipinski definition) is 1. The van der Waals surface area contributed by atoms with E-state index in [1.807, 2.05) is 79.4 Å². The second kappa shape index (κ2) is 7.92. The summed E-state index contributed by atoms with van der Waals surface area (Å²) in [4.78, 5) is 27.5. The summed E-state index contributed by atoms with van der Waals surface area (Å²) in [6.45, 7) is 4.69. The van der Waals surface area contributed by atoms with Crippen LogP contribution in [0.4, 0.5) is 11.4 Å². The van der Waals surface area contributed by atoms with E-state index in [9.17, 15) is 9.59 Å². The number of nitrogens with zero attached hydrogens (tertiary/aromatic N) is 1. The summed E-state index contributed by atoms with van der Waals surface area (Å²) in [5.41, 5.74) is 6.23. The molecule has 0 aromatic heterocycles. The molecule has 1 N–H and O–H groups in total. The lowest BCUT2D eigenvalue weighted by atomic mass is 9.98. The predicted octanol–water partition coefficient (Wildman–Crippen LogP) is 5.15. The Bertz CT molecular complexity index is 1070. The van der Waals surface area contributed by atoms with E-state index >= 15 is 0 Å². The van der Waals surface area contributed by atoms with Crippen molar-refractivity contribution < 1.29 is 9.59 Å². The first-order valence-corrected chi connectivity index (χ1v) is 9.91. The number of nitrogens with one attached hydrogen (secondary N) is 1. The Balaban J connectivity index is 1.57. The number of aryl methyl sites for hydroxylation is 3. The molecule has 29 heavy (non-hydrogen) atoms. The minimum absolute atomic E-state index is 0.00270. The van der Waals surface area contributed by atoms with Crippen LogP contribution in [0.1, 0.15) is 43.8 Å². The molecule has 4 heteroatoms. The average Bonchev–Trinajstić information content (AvgIpc) is 2.73. The van der Waals surface area contributed by atoms with E-state index < -0.39 is 0 Å². The van der Waals surface area contributed by atoms with E-state index in [2.05, 4.69) is 5.32 Å². The van der Waals surface area contributed by atoms with Crippen molar-refractivity contribution in [2.24, 2.45) is 0 Å². The van der Waals surface area contributed by atoms with Gasteiger partial charge in [0.2, 0.25) is 0 Å². The molecule has 146 valence electrons. The van der Waals surface area contributed by atoms with Crippen LogP contribution in [0.25, 0.3) is 0 Å². The van der Waals surface area contributed by atoms with E-state index in [-0.39, 0.29) is 11.8 Å². The summed E-state index contributed by atoms with van der Waals surface area (Å²) >= 11 is 0. The number of fused-ring (bicyclic) bond motifs is 1. The van der Waals surface area contributed by atoms with Gasteiger partial charge in [-0.2, -0.15) is 0 Å². The predicted molar refractivity (Wildman–Crippen MR) is 117 cm³/mol. The van der Waals surface area contributed by atoms with Gasteiger partial charge in [-0.25, -0.2) is 0 Å². The van der Waals surface area contributed by atoms with Crippen LogP contribution < -0.4 is 10.2 Å². The van der Waals surface area contributed by atoms with Gasteiger partial charge in [-0.15, -0.1) is 0 Å². The van der Waals surface area contributed by atoms with Crippen LogP contribution in [0.2, 0.25) is 0 Å². The van der Waals surface area contributed by atoms with Crippen LogP contribution in [0.5, 0.6) is 0 Å². The molecule has 0 saturated carbocycles. The number of carbonyl (C=O) groups is 2. The zero-order valence-corrected chi connectivity index (χ0v) is 16.7. The molecule has 1 heterocycles. The minimum Gasteiger partial charge on any atom is -0.322 e. The molecule has 0 unspecified atom stereocenters. The van der Waals surface area contributed by atoms with E-state index in [1.165, 1.54) is 0 Å². The van der Waals surface area contributed by atoms with Gasteiger partial charge in [-0.3, -0.25) is 9.59 Å². The second-order valence-corrected chi connectivity index (χ2v) is 7.59. The highest BCUT2D eigenvalue weighted by atomic mass is 16.2. The third-order valence-corrected chi connectivity index (χ3v) is 5.28. The number of amides is 2. The third-order valence-electron chi connectivity index (χ3n) is 5.28. The fourth-order valence-electron chi connectivity index (χ4n) is 3.73. The van der Waals surface area contributed by atoms with Gasteiger partial charge in [0.05, 0.1) is 0 Å². The van der Waals surface area contributed by atoms with Crippen LogP contribution >= 0.6 is 0 Å². The normalized spacial score (nSPS) is 13.0. The molecular weight excluding hydrogens is 360 g/mol. The monoisotopic (exact) mass is 384 g/mol. The molecule has 4 rings (SSSR count). The highest BCUT2D eigenvalue weighted by Crippen LogP contribution is 2.30. The first-order chi connectivity index (χ1) is 14.0. The van der Waals surface area contributed by atoms with Gasteiger partial charge in [0.1, 0.15) is 0 Å². The van der Waals surface area contributed by atoms with Crippen LogP contribution in [0.15, 0.2) is 66.7 Å². The highest BCUT2D eigenvalue weighted by molar-refractivity contribution is 6.08. The molecule has 0 atom stereocenters. The van der Waals surface area contributed by atoms with Crippen LogP contribution in [-0.4, -0.2) is 18.4 Å². The quantitative estimate of drug-likeness (QED) is 0.679. The molecule has 3 aromatic carbocycles. The van der Waals surface area contributed by atoms with E-state index in [0.717, 1.165) is 40.9 Å². The molecule has 0 saturated heterocycles. The van der Waals surface area contributed by atoms with Gasteiger partial charge in [-0.05, 0) is 80.3 Å². The zero-order valence-electron chi connectivity index (χ0n) is 16.7. The largest absolute Gasteiger partial charge is 0.322 e. The van der Waals surface area contributed by atoms with Gasteiger partial charge in [0.25, 0.3) is 11.8 Å². The molecule has 0 bridgehead atoms. The van der Waals surface area contributed by atoms with Crippen molar-refractivity contribution in [1.82, 2.24) is 0 Å². The Kier molecular flexibility index (Phi) is 5.17. The first-order valence-electron chi connectivity index (χ1n) is 9.91. The van der Waals surface area contributed by atoms with Crippen LogP contribution in [0, 0.1) is 13.8 Å². The molecule has 0 spiro atoms. The van der Waals surface area contributed by atoms with E-state index in [1.54, 1.807) is 6.07 Å². The summed E-state index contributed by atoms with van der Waals surface area (Å²) in [7, 11) is 0. The van der Waals surface area contributed by atoms with Gasteiger partial charge < -0.3 is 10.2 Å². The van der Waals surface area contributed by atoms with Crippen molar-refractivity contribution >= 4 is 23.2 Å². The lowest BCUT2D eigenvalue weighted by molar-refractivity contribution is 0.0984. The SMILES string of the molecule is Cc1ccc(C(=O)N2CCCc3cc(C(=O)Nc4cccc(C)c4)ccc32)cc1. The molecule has 0 radical (unpaired) electrons. The molecule has 3 aromatic rings. The summed E-state index contributed by atoms with van der Waals surface area (Å²) in [6, 6.07) is 21.0. The first kappa shape index (κ1) is 18.9. The Morgan fingerprint density at radius 2 is 1.62 bits per heavy atom. The van der Waals surface area contributed by atoms with Gasteiger partial charge in [0, 0.05) is 29.0 Å². The molecule has 1 aliphatic heterocycles. The maximum atomic E-state index is 13.0. The number of anilines is 2. The fraction of sp³-hybridized carbons (Fsp3) is 0.200. The highest BCUT2D eigenvalue weighted by Gasteiger charge is 2.24.